The van der Waals surface area contributed by atoms with Gasteiger partial charge in [-0.3, -0.25) is 0 Å². The van der Waals surface area contributed by atoms with E-state index in [-0.39, 0.29) is 0 Å². The summed E-state index contributed by atoms with van der Waals surface area (Å²) in [7, 11) is 0. The van der Waals surface area contributed by atoms with Crippen LogP contribution in [-0.4, -0.2) is 4.98 Å². The molecule has 0 aliphatic carbocycles. The van der Waals surface area contributed by atoms with Gasteiger partial charge in [-0.1, -0.05) is 0 Å². The average Bonchev–Trinajstić information content (AvgIpc) is 2.31. The first kappa shape index (κ1) is 11.9. The van der Waals surface area contributed by atoms with Crippen molar-refractivity contribution in [2.24, 2.45) is 0 Å². The molecule has 0 atom stereocenters. The van der Waals surface area contributed by atoms with Crippen LogP contribution >= 0.6 is 22.6 Å². The summed E-state index contributed by atoms with van der Waals surface area (Å²) < 4.78 is 1.18. The third kappa shape index (κ3) is 3.17. The molecule has 0 aliphatic heterocycles. The highest BCUT2D eigenvalue weighted by Gasteiger charge is 2.00. The lowest BCUT2D eigenvalue weighted by Crippen LogP contribution is -1.96. The summed E-state index contributed by atoms with van der Waals surface area (Å²) in [6.45, 7) is 1.87. The Labute approximate surface area is 114 Å². The van der Waals surface area contributed by atoms with Crippen LogP contribution in [0.2, 0.25) is 0 Å². The number of nitriles is 1. The second-order valence-corrected chi connectivity index (χ2v) is 4.87. The Bertz CT molecular complexity index is 570. The van der Waals surface area contributed by atoms with Crippen LogP contribution in [0, 0.1) is 21.8 Å². The topological polar surface area (TPSA) is 48.7 Å². The largest absolute Gasteiger partial charge is 0.340 e. The first-order valence-electron chi connectivity index (χ1n) is 5.09. The van der Waals surface area contributed by atoms with E-state index < -0.39 is 0 Å². The normalized spacial score (nSPS) is 9.71. The molecule has 4 heteroatoms. The maximum absolute atomic E-state index is 8.88. The summed E-state index contributed by atoms with van der Waals surface area (Å²) in [4.78, 5) is 4.34. The average molecular weight is 335 g/mol. The zero-order valence-corrected chi connectivity index (χ0v) is 11.4. The van der Waals surface area contributed by atoms with E-state index in [0.717, 1.165) is 11.4 Å². The highest BCUT2D eigenvalue weighted by atomic mass is 127. The number of hydrogen-bond acceptors (Lipinski definition) is 3. The summed E-state index contributed by atoms with van der Waals surface area (Å²) in [5, 5.41) is 12.1. The van der Waals surface area contributed by atoms with Gasteiger partial charge in [0.15, 0.2) is 0 Å². The number of pyridine rings is 1. The molecule has 17 heavy (non-hydrogen) atoms. The molecule has 1 aromatic heterocycles. The fourth-order valence-corrected chi connectivity index (χ4v) is 1.84. The summed E-state index contributed by atoms with van der Waals surface area (Å²) in [6, 6.07) is 13.6. The smallest absolute Gasteiger partial charge is 0.131 e. The van der Waals surface area contributed by atoms with Gasteiger partial charge in [0.1, 0.15) is 5.82 Å². The third-order valence-corrected chi connectivity index (χ3v) is 2.92. The standard InChI is InChI=1S/C13H10IN3/c1-9-6-10(8-15)7-13(16-9)17-12-4-2-11(14)3-5-12/h2-7H,1H3,(H,16,17). The van der Waals surface area contributed by atoms with Crippen molar-refractivity contribution in [3.05, 3.63) is 51.2 Å². The molecule has 0 unspecified atom stereocenters. The van der Waals surface area contributed by atoms with Crippen LogP contribution in [-0.2, 0) is 0 Å². The Morgan fingerprint density at radius 3 is 2.59 bits per heavy atom. The molecule has 0 radical (unpaired) electrons. The van der Waals surface area contributed by atoms with E-state index in [1.165, 1.54) is 3.57 Å². The number of nitrogens with zero attached hydrogens (tertiary/aromatic N) is 2. The van der Waals surface area contributed by atoms with Crippen LogP contribution in [0.4, 0.5) is 11.5 Å². The van der Waals surface area contributed by atoms with E-state index in [1.807, 2.05) is 31.2 Å². The summed E-state index contributed by atoms with van der Waals surface area (Å²) in [6.07, 6.45) is 0. The van der Waals surface area contributed by atoms with Crippen molar-refractivity contribution < 1.29 is 0 Å². The predicted molar refractivity (Wildman–Crippen MR) is 76.1 cm³/mol. The number of nitrogens with one attached hydrogen (secondary N) is 1. The number of benzene rings is 1. The Kier molecular flexibility index (Phi) is 3.59. The number of hydrogen-bond donors (Lipinski definition) is 1. The Morgan fingerprint density at radius 2 is 1.94 bits per heavy atom. The molecular formula is C13H10IN3. The zero-order valence-electron chi connectivity index (χ0n) is 9.24. The highest BCUT2D eigenvalue weighted by Crippen LogP contribution is 2.17. The predicted octanol–water partition coefficient (Wildman–Crippen LogP) is 3.61. The molecule has 0 aliphatic rings. The van der Waals surface area contributed by atoms with Gasteiger partial charge in [0.05, 0.1) is 11.6 Å². The van der Waals surface area contributed by atoms with Crippen molar-refractivity contribution >= 4 is 34.1 Å². The van der Waals surface area contributed by atoms with E-state index in [4.69, 9.17) is 5.26 Å². The monoisotopic (exact) mass is 335 g/mol. The van der Waals surface area contributed by atoms with Crippen molar-refractivity contribution in [1.29, 1.82) is 5.26 Å². The van der Waals surface area contributed by atoms with Gasteiger partial charge in [-0.2, -0.15) is 5.26 Å². The number of aromatic nitrogens is 1. The summed E-state index contributed by atoms with van der Waals surface area (Å²) >= 11 is 2.26. The van der Waals surface area contributed by atoms with E-state index in [2.05, 4.69) is 39.0 Å². The first-order chi connectivity index (χ1) is 8.17. The van der Waals surface area contributed by atoms with E-state index >= 15 is 0 Å². The van der Waals surface area contributed by atoms with E-state index in [9.17, 15) is 0 Å². The van der Waals surface area contributed by atoms with Crippen molar-refractivity contribution in [1.82, 2.24) is 4.98 Å². The van der Waals surface area contributed by atoms with Crippen molar-refractivity contribution in [3.8, 4) is 6.07 Å². The molecule has 0 saturated heterocycles. The zero-order chi connectivity index (χ0) is 12.3. The maximum atomic E-state index is 8.88. The molecule has 0 bridgehead atoms. The fourth-order valence-electron chi connectivity index (χ4n) is 1.48. The second kappa shape index (κ2) is 5.15. The Morgan fingerprint density at radius 1 is 1.24 bits per heavy atom. The highest BCUT2D eigenvalue weighted by molar-refractivity contribution is 14.1. The minimum Gasteiger partial charge on any atom is -0.340 e. The lowest BCUT2D eigenvalue weighted by Gasteiger charge is -2.06. The molecule has 0 saturated carbocycles. The van der Waals surface area contributed by atoms with Gasteiger partial charge >= 0.3 is 0 Å². The van der Waals surface area contributed by atoms with Crippen LogP contribution in [0.3, 0.4) is 0 Å². The molecular weight excluding hydrogens is 325 g/mol. The van der Waals surface area contributed by atoms with Gasteiger partial charge in [-0.25, -0.2) is 4.98 Å². The quantitative estimate of drug-likeness (QED) is 0.853. The maximum Gasteiger partial charge on any atom is 0.131 e. The van der Waals surface area contributed by atoms with Crippen LogP contribution in [0.5, 0.6) is 0 Å². The van der Waals surface area contributed by atoms with Gasteiger partial charge in [0.2, 0.25) is 0 Å². The molecule has 2 rings (SSSR count). The number of rotatable bonds is 2. The molecule has 3 nitrogen and oxygen atoms in total. The Hall–Kier alpha value is -1.61. The van der Waals surface area contributed by atoms with Crippen LogP contribution < -0.4 is 5.32 Å². The first-order valence-corrected chi connectivity index (χ1v) is 6.16. The van der Waals surface area contributed by atoms with Crippen molar-refractivity contribution in [2.45, 2.75) is 6.92 Å². The molecule has 1 heterocycles. The van der Waals surface area contributed by atoms with Crippen LogP contribution in [0.15, 0.2) is 36.4 Å². The second-order valence-electron chi connectivity index (χ2n) is 3.63. The van der Waals surface area contributed by atoms with Crippen LogP contribution in [0.1, 0.15) is 11.3 Å². The van der Waals surface area contributed by atoms with E-state index in [1.54, 1.807) is 12.1 Å². The molecule has 0 fully saturated rings. The van der Waals surface area contributed by atoms with E-state index in [0.29, 0.717) is 11.4 Å². The summed E-state index contributed by atoms with van der Waals surface area (Å²) in [5.74, 6) is 0.697. The van der Waals surface area contributed by atoms with Gasteiger partial charge in [0, 0.05) is 15.0 Å². The number of halogens is 1. The molecule has 2 aromatic rings. The SMILES string of the molecule is Cc1cc(C#N)cc(Nc2ccc(I)cc2)n1. The van der Waals surface area contributed by atoms with Crippen LogP contribution in [0.25, 0.3) is 0 Å². The van der Waals surface area contributed by atoms with Gasteiger partial charge in [-0.15, -0.1) is 0 Å². The van der Waals surface area contributed by atoms with Gasteiger partial charge in [-0.05, 0) is 65.9 Å². The lowest BCUT2D eigenvalue weighted by molar-refractivity contribution is 1.19. The van der Waals surface area contributed by atoms with Crippen molar-refractivity contribution in [2.75, 3.05) is 5.32 Å². The summed E-state index contributed by atoms with van der Waals surface area (Å²) in [5.41, 5.74) is 2.41. The molecule has 84 valence electrons. The number of aryl methyl sites for hydroxylation is 1. The molecule has 1 aromatic carbocycles. The molecule has 1 N–H and O–H groups in total. The lowest BCUT2D eigenvalue weighted by atomic mass is 10.2. The van der Waals surface area contributed by atoms with Gasteiger partial charge in [0.25, 0.3) is 0 Å². The third-order valence-electron chi connectivity index (χ3n) is 2.20. The number of anilines is 2. The fraction of sp³-hybridized carbons (Fsp3) is 0.0769. The van der Waals surface area contributed by atoms with Crippen molar-refractivity contribution in [3.63, 3.8) is 0 Å². The minimum absolute atomic E-state index is 0.616. The Balaban J connectivity index is 2.27. The molecule has 0 amide bonds. The minimum atomic E-state index is 0.616. The molecule has 0 spiro atoms. The van der Waals surface area contributed by atoms with Gasteiger partial charge < -0.3 is 5.32 Å².